The van der Waals surface area contributed by atoms with Crippen LogP contribution in [0.3, 0.4) is 0 Å². The van der Waals surface area contributed by atoms with Gasteiger partial charge in [-0.2, -0.15) is 0 Å². The molecule has 0 heterocycles. The van der Waals surface area contributed by atoms with Crippen LogP contribution in [0.25, 0.3) is 0 Å². The highest BCUT2D eigenvalue weighted by atomic mass is 35.5. The summed E-state index contributed by atoms with van der Waals surface area (Å²) in [7, 11) is 1.43. The molecule has 32 heavy (non-hydrogen) atoms. The summed E-state index contributed by atoms with van der Waals surface area (Å²) in [6.07, 6.45) is 10.9. The molecule has 1 aromatic rings. The molecule has 3 unspecified atom stereocenters. The van der Waals surface area contributed by atoms with Gasteiger partial charge in [-0.3, -0.25) is 4.79 Å². The van der Waals surface area contributed by atoms with Gasteiger partial charge in [-0.1, -0.05) is 63.3 Å². The third-order valence-corrected chi connectivity index (χ3v) is 8.52. The minimum Gasteiger partial charge on any atom is -0.469 e. The number of esters is 1. The number of carbonyl (C=O) groups is 1. The fourth-order valence-electron chi connectivity index (χ4n) is 6.04. The maximum Gasteiger partial charge on any atom is 0.305 e. The molecule has 0 aromatic heterocycles. The maximum atomic E-state index is 11.2. The quantitative estimate of drug-likeness (QED) is 0.217. The monoisotopic (exact) mass is 464 g/mol. The van der Waals surface area contributed by atoms with Crippen molar-refractivity contribution in [1.82, 2.24) is 0 Å². The van der Waals surface area contributed by atoms with E-state index in [0.717, 1.165) is 68.9 Å². The number of rotatable bonds is 12. The molecule has 2 aliphatic carbocycles. The van der Waals surface area contributed by atoms with Crippen LogP contribution in [0.2, 0.25) is 0 Å². The molecule has 5 heteroatoms. The lowest BCUT2D eigenvalue weighted by Gasteiger charge is -2.46. The van der Waals surface area contributed by atoms with Gasteiger partial charge in [0.1, 0.15) is 0 Å². The lowest BCUT2D eigenvalue weighted by atomic mass is 9.61. The number of halogens is 1. The van der Waals surface area contributed by atoms with Crippen molar-refractivity contribution in [2.24, 2.45) is 11.3 Å². The Hall–Kier alpha value is -1.10. The molecular weight excluding hydrogens is 424 g/mol. The van der Waals surface area contributed by atoms with Gasteiger partial charge in [-0.05, 0) is 55.6 Å². The Bertz CT molecular complexity index is 715. The standard InChI is InChI=1S/C27H41ClO4/c1-3-15-27(16-8-17-27)26(31)20-13-11-19(12-14-20)25-21(22(28)18-23(25)29)9-6-4-5-7-10-24(30)32-2/h11-14,21-23,25-26,29,31H,3-10,15-18H2,1-2H3/t21-,22+,23?,25?,26?/m0/s1. The summed E-state index contributed by atoms with van der Waals surface area (Å²) in [4.78, 5) is 11.2. The molecule has 0 amide bonds. The molecule has 0 saturated heterocycles. The molecule has 0 bridgehead atoms. The number of hydrogen-bond donors (Lipinski definition) is 2. The van der Waals surface area contributed by atoms with Gasteiger partial charge in [0, 0.05) is 23.1 Å². The Morgan fingerprint density at radius 1 is 1.19 bits per heavy atom. The Labute approximate surface area is 198 Å². The highest BCUT2D eigenvalue weighted by Gasteiger charge is 2.44. The Morgan fingerprint density at radius 3 is 2.47 bits per heavy atom. The largest absolute Gasteiger partial charge is 0.469 e. The summed E-state index contributed by atoms with van der Waals surface area (Å²) >= 11 is 6.66. The fraction of sp³-hybridized carbons (Fsp3) is 0.741. The van der Waals surface area contributed by atoms with Gasteiger partial charge in [0.2, 0.25) is 0 Å². The van der Waals surface area contributed by atoms with Gasteiger partial charge in [0.25, 0.3) is 0 Å². The van der Waals surface area contributed by atoms with Crippen LogP contribution in [0.15, 0.2) is 24.3 Å². The molecule has 180 valence electrons. The van der Waals surface area contributed by atoms with E-state index in [1.54, 1.807) is 0 Å². The van der Waals surface area contributed by atoms with Crippen LogP contribution in [0.5, 0.6) is 0 Å². The Balaban J connectivity index is 1.58. The first-order valence-corrected chi connectivity index (χ1v) is 13.0. The first kappa shape index (κ1) is 25.5. The van der Waals surface area contributed by atoms with Crippen molar-refractivity contribution in [2.45, 2.75) is 107 Å². The SMILES string of the molecule is CCCC1(C(O)c2ccc(C3C(O)C[C@@H](Cl)[C@@H]3CCCCCCC(=O)OC)cc2)CCC1. The second kappa shape index (κ2) is 11.9. The van der Waals surface area contributed by atoms with E-state index in [1.165, 1.54) is 13.5 Å². The van der Waals surface area contributed by atoms with Crippen LogP contribution in [0.1, 0.15) is 107 Å². The van der Waals surface area contributed by atoms with Gasteiger partial charge < -0.3 is 14.9 Å². The summed E-state index contributed by atoms with van der Waals surface area (Å²) < 4.78 is 4.69. The van der Waals surface area contributed by atoms with Crippen molar-refractivity contribution in [3.63, 3.8) is 0 Å². The molecule has 2 saturated carbocycles. The van der Waals surface area contributed by atoms with E-state index in [4.69, 9.17) is 16.3 Å². The van der Waals surface area contributed by atoms with E-state index in [-0.39, 0.29) is 28.6 Å². The maximum absolute atomic E-state index is 11.2. The minimum atomic E-state index is -0.421. The molecule has 0 spiro atoms. The number of carbonyl (C=O) groups excluding carboxylic acids is 1. The van der Waals surface area contributed by atoms with Crippen LogP contribution >= 0.6 is 11.6 Å². The highest BCUT2D eigenvalue weighted by molar-refractivity contribution is 6.21. The van der Waals surface area contributed by atoms with Gasteiger partial charge in [0.05, 0.1) is 19.3 Å². The first-order chi connectivity index (χ1) is 15.4. The summed E-state index contributed by atoms with van der Waals surface area (Å²) in [6.45, 7) is 2.19. The second-order valence-electron chi connectivity index (χ2n) is 10.1. The molecule has 3 rings (SSSR count). The third-order valence-electron chi connectivity index (χ3n) is 8.02. The number of benzene rings is 1. The molecule has 0 aliphatic heterocycles. The van der Waals surface area contributed by atoms with Crippen LogP contribution in [-0.4, -0.2) is 34.8 Å². The van der Waals surface area contributed by atoms with Gasteiger partial charge in [-0.25, -0.2) is 0 Å². The van der Waals surface area contributed by atoms with E-state index >= 15 is 0 Å². The second-order valence-corrected chi connectivity index (χ2v) is 10.6. The Kier molecular flexibility index (Phi) is 9.45. The summed E-state index contributed by atoms with van der Waals surface area (Å²) in [5.41, 5.74) is 2.19. The topological polar surface area (TPSA) is 66.8 Å². The van der Waals surface area contributed by atoms with E-state index < -0.39 is 12.2 Å². The predicted octanol–water partition coefficient (Wildman–Crippen LogP) is 6.28. The number of hydrogen-bond acceptors (Lipinski definition) is 4. The lowest BCUT2D eigenvalue weighted by molar-refractivity contribution is -0.140. The zero-order valence-electron chi connectivity index (χ0n) is 19.8. The van der Waals surface area contributed by atoms with Gasteiger partial charge in [0.15, 0.2) is 0 Å². The number of unbranched alkanes of at least 4 members (excludes halogenated alkanes) is 3. The number of aliphatic hydroxyl groups excluding tert-OH is 2. The first-order valence-electron chi connectivity index (χ1n) is 12.6. The molecule has 4 nitrogen and oxygen atoms in total. The zero-order valence-corrected chi connectivity index (χ0v) is 20.5. The van der Waals surface area contributed by atoms with Crippen LogP contribution in [0, 0.1) is 11.3 Å². The average Bonchev–Trinajstić information content (AvgIpc) is 3.05. The molecule has 5 atom stereocenters. The van der Waals surface area contributed by atoms with Crippen molar-refractivity contribution in [1.29, 1.82) is 0 Å². The van der Waals surface area contributed by atoms with E-state index in [0.29, 0.717) is 12.8 Å². The molecule has 1 aromatic carbocycles. The molecular formula is C27H41ClO4. The third kappa shape index (κ3) is 5.87. The molecule has 2 aliphatic rings. The predicted molar refractivity (Wildman–Crippen MR) is 129 cm³/mol. The van der Waals surface area contributed by atoms with Crippen molar-refractivity contribution in [2.75, 3.05) is 7.11 Å². The van der Waals surface area contributed by atoms with Crippen LogP contribution < -0.4 is 0 Å². The number of aliphatic hydroxyl groups is 2. The fourth-order valence-corrected chi connectivity index (χ4v) is 6.51. The molecule has 0 radical (unpaired) electrons. The average molecular weight is 465 g/mol. The number of alkyl halides is 1. The van der Waals surface area contributed by atoms with Crippen molar-refractivity contribution >= 4 is 17.6 Å². The van der Waals surface area contributed by atoms with E-state index in [9.17, 15) is 15.0 Å². The van der Waals surface area contributed by atoms with E-state index in [1.807, 2.05) is 0 Å². The minimum absolute atomic E-state index is 0.0156. The van der Waals surface area contributed by atoms with Crippen molar-refractivity contribution in [3.8, 4) is 0 Å². The van der Waals surface area contributed by atoms with Gasteiger partial charge >= 0.3 is 5.97 Å². The summed E-state index contributed by atoms with van der Waals surface area (Å²) in [5, 5.41) is 21.8. The van der Waals surface area contributed by atoms with Crippen LogP contribution in [-0.2, 0) is 9.53 Å². The normalized spacial score (nSPS) is 27.7. The Morgan fingerprint density at radius 2 is 1.88 bits per heavy atom. The molecule has 2 fully saturated rings. The highest BCUT2D eigenvalue weighted by Crippen LogP contribution is 2.53. The lowest BCUT2D eigenvalue weighted by Crippen LogP contribution is -2.36. The smallest absolute Gasteiger partial charge is 0.305 e. The number of methoxy groups -OCH3 is 1. The van der Waals surface area contributed by atoms with Crippen molar-refractivity contribution < 1.29 is 19.7 Å². The summed E-state index contributed by atoms with van der Waals surface area (Å²) in [5.74, 6) is 0.157. The van der Waals surface area contributed by atoms with E-state index in [2.05, 4.69) is 31.2 Å². The molecule has 2 N–H and O–H groups in total. The van der Waals surface area contributed by atoms with Crippen molar-refractivity contribution in [3.05, 3.63) is 35.4 Å². The summed E-state index contributed by atoms with van der Waals surface area (Å²) in [6, 6.07) is 8.33. The number of ether oxygens (including phenoxy) is 1. The zero-order chi connectivity index (χ0) is 23.1. The van der Waals surface area contributed by atoms with Gasteiger partial charge in [-0.15, -0.1) is 11.6 Å². The van der Waals surface area contributed by atoms with Crippen LogP contribution in [0.4, 0.5) is 0 Å².